The Morgan fingerprint density at radius 2 is 2.33 bits per heavy atom. The van der Waals surface area contributed by atoms with Gasteiger partial charge in [0.25, 0.3) is 0 Å². The van der Waals surface area contributed by atoms with Gasteiger partial charge in [0, 0.05) is 13.1 Å². The quantitative estimate of drug-likeness (QED) is 0.777. The van der Waals surface area contributed by atoms with Crippen LogP contribution in [0.3, 0.4) is 0 Å². The van der Waals surface area contributed by atoms with E-state index in [1.165, 1.54) is 16.8 Å². The highest BCUT2D eigenvalue weighted by atomic mass is 19.1. The summed E-state index contributed by atoms with van der Waals surface area (Å²) >= 11 is 0. The maximum absolute atomic E-state index is 13.2. The average Bonchev–Trinajstić information content (AvgIpc) is 2.70. The van der Waals surface area contributed by atoms with Crippen molar-refractivity contribution in [3.05, 3.63) is 41.2 Å². The molecule has 0 amide bonds. The van der Waals surface area contributed by atoms with Crippen molar-refractivity contribution in [1.29, 1.82) is 5.26 Å². The molecular weight excluding hydrogens is 271 g/mol. The topological polar surface area (TPSA) is 91.7 Å². The molecule has 0 aliphatic carbocycles. The number of nitrogens with two attached hydrogens (primary N) is 1. The molecule has 1 aliphatic rings. The number of rotatable bonds is 4. The molecule has 1 aromatic heterocycles. The molecule has 0 saturated carbocycles. The Morgan fingerprint density at radius 1 is 1.52 bits per heavy atom. The zero-order valence-electron chi connectivity index (χ0n) is 11.3. The molecule has 1 fully saturated rings. The summed E-state index contributed by atoms with van der Waals surface area (Å²) in [4.78, 5) is 0. The normalized spacial score (nSPS) is 14.5. The lowest BCUT2D eigenvalue weighted by atomic mass is 10.2. The summed E-state index contributed by atoms with van der Waals surface area (Å²) in [5.41, 5.74) is 7.04. The number of nitrogens with zero attached hydrogens (tertiary/aromatic N) is 3. The van der Waals surface area contributed by atoms with E-state index >= 15 is 0 Å². The van der Waals surface area contributed by atoms with Gasteiger partial charge in [0.05, 0.1) is 12.6 Å². The molecule has 1 aromatic carbocycles. The maximum atomic E-state index is 13.2. The molecule has 1 saturated heterocycles. The van der Waals surface area contributed by atoms with E-state index in [0.717, 1.165) is 18.7 Å². The van der Waals surface area contributed by atoms with Crippen molar-refractivity contribution in [2.24, 2.45) is 0 Å². The van der Waals surface area contributed by atoms with E-state index in [0.29, 0.717) is 17.9 Å². The lowest BCUT2D eigenvalue weighted by Gasteiger charge is -2.27. The highest BCUT2D eigenvalue weighted by molar-refractivity contribution is 5.64. The third-order valence-electron chi connectivity index (χ3n) is 3.45. The lowest BCUT2D eigenvalue weighted by molar-refractivity contribution is 0.470. The van der Waals surface area contributed by atoms with E-state index in [1.807, 2.05) is 0 Å². The minimum Gasteiger partial charge on any atom is -0.383 e. The van der Waals surface area contributed by atoms with Crippen LogP contribution in [0.25, 0.3) is 0 Å². The molecule has 1 aliphatic heterocycles. The predicted octanol–water partition coefficient (Wildman–Crippen LogP) is 0.908. The monoisotopic (exact) mass is 286 g/mol. The van der Waals surface area contributed by atoms with Crippen molar-refractivity contribution < 1.29 is 4.39 Å². The predicted molar refractivity (Wildman–Crippen MR) is 77.1 cm³/mol. The van der Waals surface area contributed by atoms with E-state index in [4.69, 9.17) is 5.73 Å². The van der Waals surface area contributed by atoms with Gasteiger partial charge in [-0.1, -0.05) is 12.1 Å². The fraction of sp³-hybridized carbons (Fsp3) is 0.286. The highest BCUT2D eigenvalue weighted by Crippen LogP contribution is 2.22. The number of benzene rings is 1. The van der Waals surface area contributed by atoms with E-state index < -0.39 is 0 Å². The largest absolute Gasteiger partial charge is 0.383 e. The number of halogens is 1. The minimum absolute atomic E-state index is 0.258. The zero-order chi connectivity index (χ0) is 14.8. The second kappa shape index (κ2) is 5.42. The van der Waals surface area contributed by atoms with Crippen molar-refractivity contribution in [2.75, 3.05) is 24.1 Å². The summed E-state index contributed by atoms with van der Waals surface area (Å²) in [6, 6.07) is 8.56. The Labute approximate surface area is 121 Å². The Balaban J connectivity index is 1.86. The van der Waals surface area contributed by atoms with Gasteiger partial charge >= 0.3 is 0 Å². The van der Waals surface area contributed by atoms with Gasteiger partial charge in [0.1, 0.15) is 23.3 Å². The Hall–Kier alpha value is -2.59. The van der Waals surface area contributed by atoms with Crippen LogP contribution in [0.2, 0.25) is 0 Å². The van der Waals surface area contributed by atoms with Gasteiger partial charge in [-0.3, -0.25) is 0 Å². The standard InChI is InChI=1S/C14H15FN6/c15-10-3-1-2-9(4-10)8-21-13(17)12(5-16)14(20-21)19-11-6-18-7-11/h1-4,11,18H,6-8,17H2,(H,19,20). The number of nitrogen functional groups attached to an aromatic ring is 1. The molecule has 0 atom stereocenters. The van der Waals surface area contributed by atoms with E-state index in [9.17, 15) is 9.65 Å². The molecule has 0 spiro atoms. The van der Waals surface area contributed by atoms with Crippen LogP contribution in [0.4, 0.5) is 16.0 Å². The van der Waals surface area contributed by atoms with E-state index in [2.05, 4.69) is 21.8 Å². The molecule has 0 bridgehead atoms. The molecule has 3 rings (SSSR count). The molecule has 7 heteroatoms. The van der Waals surface area contributed by atoms with E-state index in [1.54, 1.807) is 12.1 Å². The fourth-order valence-corrected chi connectivity index (χ4v) is 2.20. The van der Waals surface area contributed by atoms with Gasteiger partial charge in [-0.15, -0.1) is 0 Å². The molecule has 0 radical (unpaired) electrons. The van der Waals surface area contributed by atoms with E-state index in [-0.39, 0.29) is 17.7 Å². The number of nitriles is 1. The van der Waals surface area contributed by atoms with Crippen molar-refractivity contribution >= 4 is 11.6 Å². The van der Waals surface area contributed by atoms with Crippen LogP contribution in [0, 0.1) is 17.1 Å². The molecule has 2 heterocycles. The molecular formula is C14H15FN6. The lowest BCUT2D eigenvalue weighted by Crippen LogP contribution is -2.51. The average molecular weight is 286 g/mol. The first-order valence-electron chi connectivity index (χ1n) is 6.65. The Kier molecular flexibility index (Phi) is 3.46. The molecule has 2 aromatic rings. The number of anilines is 2. The van der Waals surface area contributed by atoms with Crippen LogP contribution in [-0.4, -0.2) is 28.9 Å². The van der Waals surface area contributed by atoms with Crippen LogP contribution in [0.1, 0.15) is 11.1 Å². The Morgan fingerprint density at radius 3 is 2.95 bits per heavy atom. The second-order valence-electron chi connectivity index (χ2n) is 5.01. The van der Waals surface area contributed by atoms with Crippen LogP contribution < -0.4 is 16.4 Å². The first-order chi connectivity index (χ1) is 10.2. The van der Waals surface area contributed by atoms with Gasteiger partial charge in [-0.05, 0) is 17.7 Å². The fourth-order valence-electron chi connectivity index (χ4n) is 2.20. The third kappa shape index (κ3) is 2.66. The van der Waals surface area contributed by atoms with Gasteiger partial charge in [0.15, 0.2) is 5.82 Å². The van der Waals surface area contributed by atoms with Gasteiger partial charge < -0.3 is 16.4 Å². The summed E-state index contributed by atoms with van der Waals surface area (Å²) in [5, 5.41) is 19.9. The molecule has 21 heavy (non-hydrogen) atoms. The Bertz CT molecular complexity index is 698. The zero-order valence-corrected chi connectivity index (χ0v) is 11.3. The second-order valence-corrected chi connectivity index (χ2v) is 5.01. The summed E-state index contributed by atoms with van der Waals surface area (Å²) in [6.45, 7) is 1.99. The van der Waals surface area contributed by atoms with Crippen LogP contribution in [-0.2, 0) is 6.54 Å². The molecule has 108 valence electrons. The SMILES string of the molecule is N#Cc1c(NC2CNC2)nn(Cc2cccc(F)c2)c1N. The summed E-state index contributed by atoms with van der Waals surface area (Å²) < 4.78 is 14.7. The molecule has 4 N–H and O–H groups in total. The van der Waals surface area contributed by atoms with Crippen LogP contribution >= 0.6 is 0 Å². The first kappa shape index (κ1) is 13.4. The molecule has 0 unspecified atom stereocenters. The number of nitrogens with one attached hydrogen (secondary N) is 2. The summed E-state index contributed by atoms with van der Waals surface area (Å²) in [6.07, 6.45) is 0. The third-order valence-corrected chi connectivity index (χ3v) is 3.45. The highest BCUT2D eigenvalue weighted by Gasteiger charge is 2.22. The van der Waals surface area contributed by atoms with Gasteiger partial charge in [0.2, 0.25) is 0 Å². The smallest absolute Gasteiger partial charge is 0.168 e. The van der Waals surface area contributed by atoms with Gasteiger partial charge in [-0.25, -0.2) is 9.07 Å². The maximum Gasteiger partial charge on any atom is 0.168 e. The van der Waals surface area contributed by atoms with Crippen LogP contribution in [0.5, 0.6) is 0 Å². The van der Waals surface area contributed by atoms with Crippen molar-refractivity contribution in [2.45, 2.75) is 12.6 Å². The molecule has 6 nitrogen and oxygen atoms in total. The summed E-state index contributed by atoms with van der Waals surface area (Å²) in [7, 11) is 0. The first-order valence-corrected chi connectivity index (χ1v) is 6.65. The minimum atomic E-state index is -0.308. The van der Waals surface area contributed by atoms with Crippen molar-refractivity contribution in [3.8, 4) is 6.07 Å². The summed E-state index contributed by atoms with van der Waals surface area (Å²) in [5.74, 6) is 0.465. The van der Waals surface area contributed by atoms with Gasteiger partial charge in [-0.2, -0.15) is 10.4 Å². The number of aromatic nitrogens is 2. The number of hydrogen-bond acceptors (Lipinski definition) is 5. The van der Waals surface area contributed by atoms with Crippen molar-refractivity contribution in [1.82, 2.24) is 15.1 Å². The number of hydrogen-bond donors (Lipinski definition) is 3. The van der Waals surface area contributed by atoms with Crippen LogP contribution in [0.15, 0.2) is 24.3 Å². The van der Waals surface area contributed by atoms with Crippen molar-refractivity contribution in [3.63, 3.8) is 0 Å².